The van der Waals surface area contributed by atoms with Crippen LogP contribution in [0.3, 0.4) is 0 Å². The first-order chi connectivity index (χ1) is 9.44. The first-order valence-electron chi connectivity index (χ1n) is 6.85. The highest BCUT2D eigenvalue weighted by atomic mass is 79.9. The van der Waals surface area contributed by atoms with Crippen molar-refractivity contribution < 1.29 is 8.42 Å². The number of sulfonamides is 1. The van der Waals surface area contributed by atoms with E-state index in [0.717, 1.165) is 19.3 Å². The van der Waals surface area contributed by atoms with E-state index in [1.807, 2.05) is 13.8 Å². The van der Waals surface area contributed by atoms with E-state index < -0.39 is 10.0 Å². The van der Waals surface area contributed by atoms with Gasteiger partial charge in [-0.15, -0.1) is 0 Å². The van der Waals surface area contributed by atoms with Crippen LogP contribution in [-0.2, 0) is 10.0 Å². The second-order valence-electron chi connectivity index (χ2n) is 5.17. The average molecular weight is 362 g/mol. The van der Waals surface area contributed by atoms with Gasteiger partial charge in [0.1, 0.15) is 10.7 Å². The van der Waals surface area contributed by atoms with Gasteiger partial charge in [-0.25, -0.2) is 18.1 Å². The average Bonchev–Trinajstić information content (AvgIpc) is 3.21. The molecule has 0 aliphatic heterocycles. The lowest BCUT2D eigenvalue weighted by atomic mass is 10.2. The minimum Gasteiger partial charge on any atom is -0.369 e. The van der Waals surface area contributed by atoms with E-state index in [1.165, 1.54) is 0 Å². The number of hydrogen-bond donors (Lipinski definition) is 2. The van der Waals surface area contributed by atoms with Crippen LogP contribution >= 0.6 is 15.9 Å². The van der Waals surface area contributed by atoms with E-state index in [2.05, 4.69) is 31.0 Å². The quantitative estimate of drug-likeness (QED) is 0.783. The predicted octanol–water partition coefficient (Wildman–Crippen LogP) is 2.74. The van der Waals surface area contributed by atoms with E-state index in [1.54, 1.807) is 12.3 Å². The van der Waals surface area contributed by atoms with Crippen LogP contribution in [0.1, 0.15) is 33.1 Å². The topological polar surface area (TPSA) is 71.1 Å². The number of hydrogen-bond acceptors (Lipinski definition) is 4. The summed E-state index contributed by atoms with van der Waals surface area (Å²) in [5, 5.41) is 3.06. The van der Waals surface area contributed by atoms with Crippen LogP contribution in [0.4, 0.5) is 5.82 Å². The summed E-state index contributed by atoms with van der Waals surface area (Å²) in [7, 11) is -3.55. The third kappa shape index (κ3) is 3.93. The minimum absolute atomic E-state index is 0.0296. The van der Waals surface area contributed by atoms with Crippen molar-refractivity contribution in [3.05, 3.63) is 16.7 Å². The molecule has 1 aromatic rings. The maximum Gasteiger partial charge on any atom is 0.244 e. The number of nitrogens with zero attached hydrogens (tertiary/aromatic N) is 1. The van der Waals surface area contributed by atoms with Gasteiger partial charge >= 0.3 is 0 Å². The predicted molar refractivity (Wildman–Crippen MR) is 83.2 cm³/mol. The second-order valence-corrected chi connectivity index (χ2v) is 7.77. The summed E-state index contributed by atoms with van der Waals surface area (Å²) in [5.74, 6) is 0.877. The monoisotopic (exact) mass is 361 g/mol. The Morgan fingerprint density at radius 1 is 1.50 bits per heavy atom. The SMILES string of the molecule is CCCNc1ncc(Br)cc1S(=O)(=O)NC(C)C1CC1. The van der Waals surface area contributed by atoms with E-state index in [-0.39, 0.29) is 10.9 Å². The molecule has 112 valence electrons. The van der Waals surface area contributed by atoms with Gasteiger partial charge in [-0.1, -0.05) is 6.92 Å². The molecule has 1 aliphatic carbocycles. The summed E-state index contributed by atoms with van der Waals surface area (Å²) in [4.78, 5) is 4.37. The van der Waals surface area contributed by atoms with Crippen molar-refractivity contribution in [2.45, 2.75) is 44.0 Å². The van der Waals surface area contributed by atoms with E-state index in [0.29, 0.717) is 22.8 Å². The lowest BCUT2D eigenvalue weighted by molar-refractivity contribution is 0.538. The van der Waals surface area contributed by atoms with Crippen LogP contribution in [0.15, 0.2) is 21.6 Å². The van der Waals surface area contributed by atoms with Gasteiger partial charge in [0.15, 0.2) is 0 Å². The van der Waals surface area contributed by atoms with Crippen molar-refractivity contribution in [2.75, 3.05) is 11.9 Å². The largest absolute Gasteiger partial charge is 0.369 e. The van der Waals surface area contributed by atoms with Gasteiger partial charge in [0.2, 0.25) is 10.0 Å². The van der Waals surface area contributed by atoms with Crippen molar-refractivity contribution in [1.82, 2.24) is 9.71 Å². The summed E-state index contributed by atoms with van der Waals surface area (Å²) in [6.45, 7) is 4.63. The number of nitrogens with one attached hydrogen (secondary N) is 2. The summed E-state index contributed by atoms with van der Waals surface area (Å²) < 4.78 is 28.4. The molecule has 0 radical (unpaired) electrons. The summed E-state index contributed by atoms with van der Waals surface area (Å²) in [5.41, 5.74) is 0. The highest BCUT2D eigenvalue weighted by Gasteiger charge is 2.32. The molecule has 1 aliphatic rings. The summed E-state index contributed by atoms with van der Waals surface area (Å²) in [6, 6.07) is 1.56. The summed E-state index contributed by atoms with van der Waals surface area (Å²) in [6.07, 6.45) is 4.70. The van der Waals surface area contributed by atoms with Crippen LogP contribution in [0.2, 0.25) is 0 Å². The molecule has 2 rings (SSSR count). The van der Waals surface area contributed by atoms with Gasteiger partial charge in [0.25, 0.3) is 0 Å². The fourth-order valence-electron chi connectivity index (χ4n) is 2.00. The Labute approximate surface area is 128 Å². The standard InChI is InChI=1S/C13H20BrN3O2S/c1-3-6-15-13-12(7-11(14)8-16-13)20(18,19)17-9(2)10-4-5-10/h7-10,17H,3-6H2,1-2H3,(H,15,16). The van der Waals surface area contributed by atoms with E-state index in [4.69, 9.17) is 0 Å². The van der Waals surface area contributed by atoms with Crippen LogP contribution in [0.25, 0.3) is 0 Å². The molecule has 1 fully saturated rings. The molecule has 0 spiro atoms. The Morgan fingerprint density at radius 2 is 2.20 bits per heavy atom. The fraction of sp³-hybridized carbons (Fsp3) is 0.615. The Hall–Kier alpha value is -0.660. The molecular formula is C13H20BrN3O2S. The Bertz CT molecular complexity index is 573. The second kappa shape index (κ2) is 6.41. The number of aromatic nitrogens is 1. The van der Waals surface area contributed by atoms with Crippen molar-refractivity contribution in [2.24, 2.45) is 5.92 Å². The number of rotatable bonds is 7. The van der Waals surface area contributed by atoms with Crippen LogP contribution in [0, 0.1) is 5.92 Å². The Kier molecular flexibility index (Phi) is 5.04. The van der Waals surface area contributed by atoms with Crippen LogP contribution < -0.4 is 10.0 Å². The van der Waals surface area contributed by atoms with Gasteiger partial charge in [-0.05, 0) is 54.1 Å². The van der Waals surface area contributed by atoms with Gasteiger partial charge in [-0.3, -0.25) is 0 Å². The van der Waals surface area contributed by atoms with Crippen LogP contribution in [-0.4, -0.2) is 26.0 Å². The molecule has 1 atom stereocenters. The smallest absolute Gasteiger partial charge is 0.244 e. The van der Waals surface area contributed by atoms with Crippen molar-refractivity contribution in [3.8, 4) is 0 Å². The van der Waals surface area contributed by atoms with Gasteiger partial charge in [-0.2, -0.15) is 0 Å². The molecule has 1 saturated carbocycles. The van der Waals surface area contributed by atoms with Gasteiger partial charge in [0.05, 0.1) is 0 Å². The lowest BCUT2D eigenvalue weighted by Gasteiger charge is -2.16. The molecular weight excluding hydrogens is 342 g/mol. The van der Waals surface area contributed by atoms with E-state index >= 15 is 0 Å². The molecule has 0 saturated heterocycles. The van der Waals surface area contributed by atoms with Gasteiger partial charge < -0.3 is 5.32 Å². The maximum absolute atomic E-state index is 12.5. The molecule has 1 aromatic heterocycles. The molecule has 0 aromatic carbocycles. The fourth-order valence-corrected chi connectivity index (χ4v) is 3.96. The normalized spacial score (nSPS) is 16.9. The first-order valence-corrected chi connectivity index (χ1v) is 9.13. The molecule has 1 heterocycles. The van der Waals surface area contributed by atoms with Crippen molar-refractivity contribution in [1.29, 1.82) is 0 Å². The Morgan fingerprint density at radius 3 is 2.80 bits per heavy atom. The highest BCUT2D eigenvalue weighted by molar-refractivity contribution is 9.10. The lowest BCUT2D eigenvalue weighted by Crippen LogP contribution is -2.34. The first kappa shape index (κ1) is 15.7. The van der Waals surface area contributed by atoms with Crippen LogP contribution in [0.5, 0.6) is 0 Å². The summed E-state index contributed by atoms with van der Waals surface area (Å²) >= 11 is 3.28. The molecule has 1 unspecified atom stereocenters. The van der Waals surface area contributed by atoms with Crippen molar-refractivity contribution >= 4 is 31.8 Å². The number of pyridine rings is 1. The zero-order chi connectivity index (χ0) is 14.8. The van der Waals surface area contributed by atoms with Gasteiger partial charge in [0, 0.05) is 23.3 Å². The minimum atomic E-state index is -3.55. The molecule has 2 N–H and O–H groups in total. The number of halogens is 1. The Balaban J connectivity index is 2.25. The van der Waals surface area contributed by atoms with Crippen molar-refractivity contribution in [3.63, 3.8) is 0 Å². The zero-order valence-corrected chi connectivity index (χ0v) is 14.1. The third-order valence-electron chi connectivity index (χ3n) is 3.32. The maximum atomic E-state index is 12.5. The molecule has 0 amide bonds. The molecule has 20 heavy (non-hydrogen) atoms. The number of anilines is 1. The highest BCUT2D eigenvalue weighted by Crippen LogP contribution is 2.33. The molecule has 0 bridgehead atoms. The molecule has 7 heteroatoms. The van der Waals surface area contributed by atoms with E-state index in [9.17, 15) is 8.42 Å². The molecule has 5 nitrogen and oxygen atoms in total. The zero-order valence-electron chi connectivity index (χ0n) is 11.7. The third-order valence-corrected chi connectivity index (χ3v) is 5.33.